The van der Waals surface area contributed by atoms with Gasteiger partial charge in [0.15, 0.2) is 0 Å². The molecule has 0 radical (unpaired) electrons. The van der Waals surface area contributed by atoms with Gasteiger partial charge in [0.1, 0.15) is 5.70 Å². The van der Waals surface area contributed by atoms with Gasteiger partial charge in [0, 0.05) is 18.0 Å². The molecule has 2 unspecified atom stereocenters. The van der Waals surface area contributed by atoms with Crippen LogP contribution in [0.25, 0.3) is 5.57 Å². The number of hydrogen-bond donors (Lipinski definition) is 0. The average molecular weight is 450 g/mol. The zero-order chi connectivity index (χ0) is 22.3. The SMILES string of the molecule is CC1CN(C2=C(c3cccs3)C(=O)N(Cc3cccc(C(F)(F)F)c3)C2=O)CC(C)O1. The Morgan fingerprint density at radius 2 is 1.77 bits per heavy atom. The Balaban J connectivity index is 1.69. The number of imide groups is 1. The molecule has 1 aromatic carbocycles. The summed E-state index contributed by atoms with van der Waals surface area (Å²) in [6.45, 7) is 4.47. The van der Waals surface area contributed by atoms with E-state index in [1.54, 1.807) is 12.1 Å². The molecule has 164 valence electrons. The normalized spacial score (nSPS) is 22.6. The van der Waals surface area contributed by atoms with Crippen LogP contribution in [0.1, 0.15) is 29.9 Å². The van der Waals surface area contributed by atoms with Crippen molar-refractivity contribution in [1.29, 1.82) is 0 Å². The van der Waals surface area contributed by atoms with Crippen molar-refractivity contribution in [1.82, 2.24) is 9.80 Å². The topological polar surface area (TPSA) is 49.9 Å². The first-order chi connectivity index (χ1) is 14.6. The standard InChI is InChI=1S/C22H21F3N2O3S/c1-13-10-26(11-14(2)30-13)19-18(17-7-4-8-31-17)20(28)27(21(19)29)12-15-5-3-6-16(9-15)22(23,24)25/h3-9,13-14H,10-12H2,1-2H3. The maximum atomic E-state index is 13.4. The van der Waals surface area contributed by atoms with Crippen LogP contribution in [0.3, 0.4) is 0 Å². The van der Waals surface area contributed by atoms with Gasteiger partial charge >= 0.3 is 6.18 Å². The summed E-state index contributed by atoms with van der Waals surface area (Å²) in [5.74, 6) is -0.987. The highest BCUT2D eigenvalue weighted by molar-refractivity contribution is 7.11. The van der Waals surface area contributed by atoms with Crippen molar-refractivity contribution in [3.8, 4) is 0 Å². The summed E-state index contributed by atoms with van der Waals surface area (Å²) in [6, 6.07) is 8.27. The van der Waals surface area contributed by atoms with E-state index in [1.165, 1.54) is 23.5 Å². The molecule has 1 saturated heterocycles. The second-order valence-corrected chi connectivity index (χ2v) is 8.71. The van der Waals surface area contributed by atoms with Crippen LogP contribution >= 0.6 is 11.3 Å². The maximum absolute atomic E-state index is 13.4. The molecule has 2 aliphatic heterocycles. The Kier molecular flexibility index (Phi) is 5.65. The molecule has 0 saturated carbocycles. The summed E-state index contributed by atoms with van der Waals surface area (Å²) < 4.78 is 45.0. The summed E-state index contributed by atoms with van der Waals surface area (Å²) in [6.07, 6.45) is -4.75. The number of morpholine rings is 1. The van der Waals surface area contributed by atoms with Crippen molar-refractivity contribution in [2.24, 2.45) is 0 Å². The third-order valence-electron chi connectivity index (χ3n) is 5.24. The largest absolute Gasteiger partial charge is 0.416 e. The summed E-state index contributed by atoms with van der Waals surface area (Å²) >= 11 is 1.35. The Labute approximate surface area is 181 Å². The highest BCUT2D eigenvalue weighted by Crippen LogP contribution is 2.36. The van der Waals surface area contributed by atoms with E-state index >= 15 is 0 Å². The number of carbonyl (C=O) groups excluding carboxylic acids is 2. The molecule has 9 heteroatoms. The fraction of sp³-hybridized carbons (Fsp3) is 0.364. The minimum Gasteiger partial charge on any atom is -0.372 e. The van der Waals surface area contributed by atoms with Crippen LogP contribution < -0.4 is 0 Å². The molecule has 0 aliphatic carbocycles. The summed E-state index contributed by atoms with van der Waals surface area (Å²) in [5, 5.41) is 1.82. The molecule has 2 atom stereocenters. The molecule has 0 N–H and O–H groups in total. The molecule has 0 spiro atoms. The van der Waals surface area contributed by atoms with Crippen LogP contribution in [0, 0.1) is 0 Å². The van der Waals surface area contributed by atoms with E-state index in [0.29, 0.717) is 29.2 Å². The Morgan fingerprint density at radius 1 is 1.06 bits per heavy atom. The number of hydrogen-bond acceptors (Lipinski definition) is 5. The van der Waals surface area contributed by atoms with Crippen molar-refractivity contribution in [2.45, 2.75) is 38.8 Å². The van der Waals surface area contributed by atoms with Crippen LogP contribution in [0.4, 0.5) is 13.2 Å². The average Bonchev–Trinajstić information content (AvgIpc) is 3.29. The second-order valence-electron chi connectivity index (χ2n) is 7.76. The van der Waals surface area contributed by atoms with Gasteiger partial charge in [-0.15, -0.1) is 11.3 Å². The lowest BCUT2D eigenvalue weighted by atomic mass is 10.1. The first kappa shape index (κ1) is 21.6. The molecule has 5 nitrogen and oxygen atoms in total. The first-order valence-electron chi connectivity index (χ1n) is 9.86. The zero-order valence-corrected chi connectivity index (χ0v) is 17.8. The van der Waals surface area contributed by atoms with E-state index in [-0.39, 0.29) is 24.3 Å². The van der Waals surface area contributed by atoms with Crippen LogP contribution in [0.2, 0.25) is 0 Å². The van der Waals surface area contributed by atoms with Gasteiger partial charge in [-0.05, 0) is 43.0 Å². The number of rotatable bonds is 4. The van der Waals surface area contributed by atoms with Crippen LogP contribution in [0.5, 0.6) is 0 Å². The third-order valence-corrected chi connectivity index (χ3v) is 6.13. The maximum Gasteiger partial charge on any atom is 0.416 e. The molecular formula is C22H21F3N2O3S. The second kappa shape index (κ2) is 8.12. The number of ether oxygens (including phenoxy) is 1. The molecular weight excluding hydrogens is 429 g/mol. The van der Waals surface area contributed by atoms with E-state index in [2.05, 4.69) is 0 Å². The minimum atomic E-state index is -4.50. The van der Waals surface area contributed by atoms with Gasteiger partial charge in [-0.2, -0.15) is 13.2 Å². The van der Waals surface area contributed by atoms with E-state index < -0.39 is 23.6 Å². The predicted octanol–water partition coefficient (Wildman–Crippen LogP) is 4.16. The molecule has 2 aromatic rings. The number of carbonyl (C=O) groups is 2. The Hall–Kier alpha value is -2.65. The van der Waals surface area contributed by atoms with Crippen LogP contribution in [0.15, 0.2) is 47.5 Å². The number of thiophene rings is 1. The molecule has 2 amide bonds. The Morgan fingerprint density at radius 3 is 2.39 bits per heavy atom. The summed E-state index contributed by atoms with van der Waals surface area (Å²) in [7, 11) is 0. The van der Waals surface area contributed by atoms with Gasteiger partial charge in [0.25, 0.3) is 11.8 Å². The molecule has 3 heterocycles. The van der Waals surface area contributed by atoms with Crippen LogP contribution in [-0.2, 0) is 27.0 Å². The molecule has 2 aliphatic rings. The van der Waals surface area contributed by atoms with Crippen molar-refractivity contribution >= 4 is 28.7 Å². The minimum absolute atomic E-state index is 0.124. The van der Waals surface area contributed by atoms with Gasteiger partial charge in [0.2, 0.25) is 0 Å². The third kappa shape index (κ3) is 4.24. The van der Waals surface area contributed by atoms with Gasteiger partial charge < -0.3 is 9.64 Å². The van der Waals surface area contributed by atoms with Crippen molar-refractivity contribution in [3.05, 3.63) is 63.5 Å². The highest BCUT2D eigenvalue weighted by atomic mass is 32.1. The van der Waals surface area contributed by atoms with Crippen LogP contribution in [-0.4, -0.2) is 46.9 Å². The van der Waals surface area contributed by atoms with E-state index in [4.69, 9.17) is 4.74 Å². The lowest BCUT2D eigenvalue weighted by molar-refractivity contribution is -0.139. The Bertz CT molecular complexity index is 1020. The number of halogens is 3. The zero-order valence-electron chi connectivity index (χ0n) is 17.0. The van der Waals surface area contributed by atoms with Crippen molar-refractivity contribution in [3.63, 3.8) is 0 Å². The van der Waals surface area contributed by atoms with E-state index in [0.717, 1.165) is 17.0 Å². The van der Waals surface area contributed by atoms with Gasteiger partial charge in [0.05, 0.1) is 29.9 Å². The molecule has 1 fully saturated rings. The summed E-state index contributed by atoms with van der Waals surface area (Å²) in [4.78, 5) is 30.2. The van der Waals surface area contributed by atoms with Crippen molar-refractivity contribution < 1.29 is 27.5 Å². The number of benzene rings is 1. The quantitative estimate of drug-likeness (QED) is 0.657. The van der Waals surface area contributed by atoms with Gasteiger partial charge in [-0.25, -0.2) is 0 Å². The molecule has 31 heavy (non-hydrogen) atoms. The smallest absolute Gasteiger partial charge is 0.372 e. The lowest BCUT2D eigenvalue weighted by Crippen LogP contribution is -2.46. The fourth-order valence-corrected chi connectivity index (χ4v) is 4.79. The van der Waals surface area contributed by atoms with Crippen molar-refractivity contribution in [2.75, 3.05) is 13.1 Å². The first-order valence-corrected chi connectivity index (χ1v) is 10.7. The predicted molar refractivity (Wildman–Crippen MR) is 110 cm³/mol. The fourth-order valence-electron chi connectivity index (χ4n) is 4.03. The van der Waals surface area contributed by atoms with E-state index in [9.17, 15) is 22.8 Å². The number of alkyl halides is 3. The summed E-state index contributed by atoms with van der Waals surface area (Å²) in [5.41, 5.74) is 0.0216. The molecule has 1 aromatic heterocycles. The number of amides is 2. The molecule has 4 rings (SSSR count). The number of nitrogens with zero attached hydrogens (tertiary/aromatic N) is 2. The highest BCUT2D eigenvalue weighted by Gasteiger charge is 2.43. The lowest BCUT2D eigenvalue weighted by Gasteiger charge is -2.37. The molecule has 0 bridgehead atoms. The van der Waals surface area contributed by atoms with Gasteiger partial charge in [-0.1, -0.05) is 18.2 Å². The van der Waals surface area contributed by atoms with E-state index in [1.807, 2.05) is 24.1 Å². The monoisotopic (exact) mass is 450 g/mol. The van der Waals surface area contributed by atoms with Gasteiger partial charge in [-0.3, -0.25) is 14.5 Å².